The maximum Gasteiger partial charge on any atom is 0.262 e. The first-order valence-corrected chi connectivity index (χ1v) is 9.02. The third-order valence-electron chi connectivity index (χ3n) is 4.43. The number of fused-ring (bicyclic) bond motifs is 2. The molecule has 1 aliphatic heterocycles. The summed E-state index contributed by atoms with van der Waals surface area (Å²) in [5.74, 6) is -0.0644. The molecule has 2 aromatic carbocycles. The number of amides is 2. The number of carbonyl (C=O) groups excluding carboxylic acids is 2. The quantitative estimate of drug-likeness (QED) is 0.591. The number of hydrogen-bond donors (Lipinski definition) is 3. The van der Waals surface area contributed by atoms with E-state index in [0.717, 1.165) is 0 Å². The lowest BCUT2D eigenvalue weighted by Crippen LogP contribution is -2.25. The van der Waals surface area contributed by atoms with Crippen LogP contribution in [0.3, 0.4) is 0 Å². The first-order valence-electron chi connectivity index (χ1n) is 8.61. The molecule has 4 rings (SSSR count). The molecular weight excluding hydrogens is 380 g/mol. The van der Waals surface area contributed by atoms with Gasteiger partial charge in [0.1, 0.15) is 5.75 Å². The SMILES string of the molecule is CCn1c(=S)[nH]c2cc(C(=O)Nc3ccc4c(c3)NC(=O)CO4)ccc2c1=O. The van der Waals surface area contributed by atoms with Crippen LogP contribution in [0.5, 0.6) is 5.75 Å². The summed E-state index contributed by atoms with van der Waals surface area (Å²) in [4.78, 5) is 39.5. The fourth-order valence-electron chi connectivity index (χ4n) is 3.05. The van der Waals surface area contributed by atoms with Crippen molar-refractivity contribution in [3.8, 4) is 5.75 Å². The summed E-state index contributed by atoms with van der Waals surface area (Å²) < 4.78 is 7.07. The Morgan fingerprint density at radius 2 is 2.07 bits per heavy atom. The van der Waals surface area contributed by atoms with Gasteiger partial charge in [0.15, 0.2) is 11.4 Å². The van der Waals surface area contributed by atoms with Crippen LogP contribution >= 0.6 is 12.2 Å². The average Bonchev–Trinajstić information content (AvgIpc) is 2.67. The van der Waals surface area contributed by atoms with Crippen molar-refractivity contribution in [2.24, 2.45) is 0 Å². The molecule has 2 heterocycles. The van der Waals surface area contributed by atoms with Crippen molar-refractivity contribution < 1.29 is 14.3 Å². The van der Waals surface area contributed by atoms with E-state index >= 15 is 0 Å². The molecule has 0 atom stereocenters. The molecule has 0 aliphatic carbocycles. The fourth-order valence-corrected chi connectivity index (χ4v) is 3.37. The number of anilines is 2. The highest BCUT2D eigenvalue weighted by atomic mass is 32.1. The Morgan fingerprint density at radius 3 is 2.86 bits per heavy atom. The van der Waals surface area contributed by atoms with Crippen LogP contribution in [-0.2, 0) is 11.3 Å². The molecule has 2 amide bonds. The van der Waals surface area contributed by atoms with Crippen LogP contribution in [0.15, 0.2) is 41.2 Å². The van der Waals surface area contributed by atoms with Crippen molar-refractivity contribution in [3.63, 3.8) is 0 Å². The van der Waals surface area contributed by atoms with Crippen LogP contribution in [0.1, 0.15) is 17.3 Å². The number of H-pyrrole nitrogens is 1. The van der Waals surface area contributed by atoms with Crippen molar-refractivity contribution in [2.75, 3.05) is 17.2 Å². The molecule has 8 nitrogen and oxygen atoms in total. The molecule has 0 saturated heterocycles. The lowest BCUT2D eigenvalue weighted by molar-refractivity contribution is -0.118. The van der Waals surface area contributed by atoms with Gasteiger partial charge in [0, 0.05) is 17.8 Å². The van der Waals surface area contributed by atoms with Crippen molar-refractivity contribution in [2.45, 2.75) is 13.5 Å². The van der Waals surface area contributed by atoms with Crippen LogP contribution in [0, 0.1) is 4.77 Å². The van der Waals surface area contributed by atoms with Gasteiger partial charge < -0.3 is 20.4 Å². The second kappa shape index (κ2) is 6.93. The highest BCUT2D eigenvalue weighted by Gasteiger charge is 2.17. The van der Waals surface area contributed by atoms with E-state index in [0.29, 0.717) is 44.9 Å². The first-order chi connectivity index (χ1) is 13.5. The topological polar surface area (TPSA) is 105 Å². The Labute approximate surface area is 164 Å². The third kappa shape index (κ3) is 3.16. The smallest absolute Gasteiger partial charge is 0.262 e. The molecule has 0 saturated carbocycles. The number of benzene rings is 2. The predicted octanol–water partition coefficient (Wildman–Crippen LogP) is 2.66. The van der Waals surface area contributed by atoms with Gasteiger partial charge in [0.2, 0.25) is 0 Å². The molecule has 3 N–H and O–H groups in total. The monoisotopic (exact) mass is 396 g/mol. The number of nitrogens with one attached hydrogen (secondary N) is 3. The number of aromatic amines is 1. The summed E-state index contributed by atoms with van der Waals surface area (Å²) in [5, 5.41) is 5.92. The van der Waals surface area contributed by atoms with Crippen LogP contribution < -0.4 is 20.9 Å². The van der Waals surface area contributed by atoms with Crippen LogP contribution in [-0.4, -0.2) is 28.0 Å². The molecule has 0 bridgehead atoms. The largest absolute Gasteiger partial charge is 0.482 e. The predicted molar refractivity (Wildman–Crippen MR) is 108 cm³/mol. The second-order valence-electron chi connectivity index (χ2n) is 6.24. The molecule has 0 unspecified atom stereocenters. The summed E-state index contributed by atoms with van der Waals surface area (Å²) in [5.41, 5.74) is 1.67. The molecule has 3 aromatic rings. The molecule has 0 spiro atoms. The number of rotatable bonds is 3. The second-order valence-corrected chi connectivity index (χ2v) is 6.63. The summed E-state index contributed by atoms with van der Waals surface area (Å²) >= 11 is 5.21. The number of carbonyl (C=O) groups is 2. The Hall–Kier alpha value is -3.46. The van der Waals surface area contributed by atoms with Gasteiger partial charge in [-0.2, -0.15) is 0 Å². The van der Waals surface area contributed by atoms with Crippen molar-refractivity contribution in [1.29, 1.82) is 0 Å². The van der Waals surface area contributed by atoms with E-state index < -0.39 is 0 Å². The minimum atomic E-state index is -0.358. The molecule has 1 aliphatic rings. The van der Waals surface area contributed by atoms with E-state index in [4.69, 9.17) is 17.0 Å². The minimum absolute atomic E-state index is 0.0309. The third-order valence-corrected chi connectivity index (χ3v) is 4.75. The Balaban J connectivity index is 1.64. The van der Waals surface area contributed by atoms with Crippen LogP contribution in [0.2, 0.25) is 0 Å². The summed E-state index contributed by atoms with van der Waals surface area (Å²) in [6, 6.07) is 9.76. The number of nitrogens with zero attached hydrogens (tertiary/aromatic N) is 1. The van der Waals surface area contributed by atoms with Crippen molar-refractivity contribution >= 4 is 46.3 Å². The van der Waals surface area contributed by atoms with E-state index in [1.807, 2.05) is 6.92 Å². The summed E-state index contributed by atoms with van der Waals surface area (Å²) in [6.07, 6.45) is 0. The van der Waals surface area contributed by atoms with Gasteiger partial charge in [0.25, 0.3) is 17.4 Å². The highest BCUT2D eigenvalue weighted by molar-refractivity contribution is 7.71. The number of aromatic nitrogens is 2. The van der Waals surface area contributed by atoms with E-state index in [9.17, 15) is 14.4 Å². The van der Waals surface area contributed by atoms with Crippen molar-refractivity contribution in [3.05, 3.63) is 57.1 Å². The normalized spacial score (nSPS) is 12.8. The van der Waals surface area contributed by atoms with Gasteiger partial charge in [-0.05, 0) is 55.5 Å². The molecule has 0 fully saturated rings. The van der Waals surface area contributed by atoms with Gasteiger partial charge in [-0.1, -0.05) is 0 Å². The van der Waals surface area contributed by atoms with Crippen LogP contribution in [0.25, 0.3) is 10.9 Å². The Morgan fingerprint density at radius 1 is 1.25 bits per heavy atom. The van der Waals surface area contributed by atoms with Gasteiger partial charge in [-0.25, -0.2) is 0 Å². The maximum atomic E-state index is 12.6. The van der Waals surface area contributed by atoms with Gasteiger partial charge in [-0.3, -0.25) is 19.0 Å². The van der Waals surface area contributed by atoms with E-state index in [1.54, 1.807) is 36.4 Å². The average molecular weight is 396 g/mol. The zero-order chi connectivity index (χ0) is 19.8. The maximum absolute atomic E-state index is 12.6. The van der Waals surface area contributed by atoms with Crippen molar-refractivity contribution in [1.82, 2.24) is 9.55 Å². The molecule has 28 heavy (non-hydrogen) atoms. The molecule has 1 aromatic heterocycles. The standard InChI is InChI=1S/C19H16N4O4S/c1-2-23-18(26)12-5-3-10(7-13(12)22-19(23)28)17(25)20-11-4-6-15-14(8-11)21-16(24)9-27-15/h3-8H,2,9H2,1H3,(H,20,25)(H,21,24)(H,22,28). The summed E-state index contributed by atoms with van der Waals surface area (Å²) in [7, 11) is 0. The number of ether oxygens (including phenoxy) is 1. The van der Waals surface area contributed by atoms with Gasteiger partial charge in [-0.15, -0.1) is 0 Å². The lowest BCUT2D eigenvalue weighted by atomic mass is 10.1. The zero-order valence-corrected chi connectivity index (χ0v) is 15.7. The highest BCUT2D eigenvalue weighted by Crippen LogP contribution is 2.30. The first kappa shape index (κ1) is 17.9. The molecule has 0 radical (unpaired) electrons. The van der Waals surface area contributed by atoms with Crippen LogP contribution in [0.4, 0.5) is 11.4 Å². The van der Waals surface area contributed by atoms with E-state index in [2.05, 4.69) is 15.6 Å². The Bertz CT molecular complexity index is 1240. The fraction of sp³-hybridized carbons (Fsp3) is 0.158. The van der Waals surface area contributed by atoms with Gasteiger partial charge in [0.05, 0.1) is 16.6 Å². The number of hydrogen-bond acceptors (Lipinski definition) is 5. The Kier molecular flexibility index (Phi) is 4.44. The molecule has 9 heteroatoms. The minimum Gasteiger partial charge on any atom is -0.482 e. The molecule has 142 valence electrons. The molecular formula is C19H16N4O4S. The van der Waals surface area contributed by atoms with E-state index in [1.165, 1.54) is 4.57 Å². The summed E-state index contributed by atoms with van der Waals surface area (Å²) in [6.45, 7) is 2.27. The van der Waals surface area contributed by atoms with E-state index in [-0.39, 0.29) is 24.0 Å². The zero-order valence-electron chi connectivity index (χ0n) is 14.9. The van der Waals surface area contributed by atoms with Gasteiger partial charge >= 0.3 is 0 Å². The lowest BCUT2D eigenvalue weighted by Gasteiger charge is -2.18.